The van der Waals surface area contributed by atoms with Gasteiger partial charge in [-0.25, -0.2) is 12.7 Å². The van der Waals surface area contributed by atoms with Gasteiger partial charge in [-0.1, -0.05) is 12.1 Å². The Kier molecular flexibility index (Phi) is 7.86. The van der Waals surface area contributed by atoms with E-state index in [0.717, 1.165) is 29.8 Å². The zero-order valence-electron chi connectivity index (χ0n) is 15.3. The molecule has 6 nitrogen and oxygen atoms in total. The summed E-state index contributed by atoms with van der Waals surface area (Å²) in [6.07, 6.45) is 2.06. The molecule has 24 heavy (non-hydrogen) atoms. The van der Waals surface area contributed by atoms with Gasteiger partial charge >= 0.3 is 0 Å². The molecule has 1 amide bonds. The first kappa shape index (κ1) is 20.6. The Morgan fingerprint density at radius 1 is 1.12 bits per heavy atom. The van der Waals surface area contributed by atoms with Crippen LogP contribution in [0.2, 0.25) is 0 Å². The molecule has 0 saturated heterocycles. The topological polar surface area (TPSA) is 69.7 Å². The highest BCUT2D eigenvalue weighted by atomic mass is 32.2. The molecular formula is C17H29N3O3S. The average molecular weight is 356 g/mol. The van der Waals surface area contributed by atoms with Crippen LogP contribution in [0.4, 0.5) is 5.69 Å². The molecule has 0 aliphatic rings. The highest BCUT2D eigenvalue weighted by molar-refractivity contribution is 7.88. The summed E-state index contributed by atoms with van der Waals surface area (Å²) in [7, 11) is 0.582. The zero-order chi connectivity index (χ0) is 18.3. The van der Waals surface area contributed by atoms with Crippen molar-refractivity contribution in [2.24, 2.45) is 0 Å². The fourth-order valence-electron chi connectivity index (χ4n) is 2.32. The second-order valence-electron chi connectivity index (χ2n) is 6.44. The lowest BCUT2D eigenvalue weighted by Gasteiger charge is -2.21. The molecule has 1 rings (SSSR count). The van der Waals surface area contributed by atoms with Gasteiger partial charge in [0.2, 0.25) is 15.9 Å². The molecular weight excluding hydrogens is 326 g/mol. The van der Waals surface area contributed by atoms with Crippen LogP contribution >= 0.6 is 0 Å². The Morgan fingerprint density at radius 2 is 1.79 bits per heavy atom. The van der Waals surface area contributed by atoms with Gasteiger partial charge in [0.25, 0.3) is 0 Å². The minimum atomic E-state index is -3.31. The third-order valence-corrected chi connectivity index (χ3v) is 5.04. The van der Waals surface area contributed by atoms with Crippen molar-refractivity contribution in [2.75, 3.05) is 45.3 Å². The van der Waals surface area contributed by atoms with E-state index in [1.165, 1.54) is 10.6 Å². The Hall–Kier alpha value is -1.44. The van der Waals surface area contributed by atoms with Crippen molar-refractivity contribution in [3.8, 4) is 0 Å². The molecule has 0 radical (unpaired) electrons. The van der Waals surface area contributed by atoms with Crippen molar-refractivity contribution in [1.29, 1.82) is 0 Å². The molecule has 0 aliphatic carbocycles. The van der Waals surface area contributed by atoms with Gasteiger partial charge in [0, 0.05) is 25.2 Å². The molecule has 0 aromatic heterocycles. The molecule has 7 heteroatoms. The third-order valence-electron chi connectivity index (χ3n) is 3.74. The van der Waals surface area contributed by atoms with E-state index in [-0.39, 0.29) is 18.9 Å². The number of anilines is 1. The van der Waals surface area contributed by atoms with E-state index in [0.29, 0.717) is 6.54 Å². The molecule has 0 saturated carbocycles. The monoisotopic (exact) mass is 355 g/mol. The van der Waals surface area contributed by atoms with Gasteiger partial charge in [-0.05, 0) is 58.1 Å². The first-order chi connectivity index (χ1) is 11.1. The standard InChI is InChI=1S/C17H29N3O3S/c1-14-7-8-15(2)16(13-14)18-17(21)9-12-20(24(5,22)23)11-6-10-19(3)4/h7-8,13H,6,9-12H2,1-5H3,(H,18,21). The van der Waals surface area contributed by atoms with Gasteiger partial charge in [-0.15, -0.1) is 0 Å². The molecule has 0 spiro atoms. The lowest BCUT2D eigenvalue weighted by atomic mass is 10.1. The van der Waals surface area contributed by atoms with E-state index in [4.69, 9.17) is 0 Å². The van der Waals surface area contributed by atoms with Crippen LogP contribution in [-0.4, -0.2) is 63.5 Å². The third kappa shape index (κ3) is 7.42. The normalized spacial score (nSPS) is 12.0. The van der Waals surface area contributed by atoms with Gasteiger partial charge in [0.05, 0.1) is 6.26 Å². The number of aryl methyl sites for hydroxylation is 2. The quantitative estimate of drug-likeness (QED) is 0.734. The molecule has 1 aromatic carbocycles. The maximum absolute atomic E-state index is 12.1. The summed E-state index contributed by atoms with van der Waals surface area (Å²) < 4.78 is 25.1. The smallest absolute Gasteiger partial charge is 0.225 e. The number of carbonyl (C=O) groups is 1. The van der Waals surface area contributed by atoms with E-state index in [2.05, 4.69) is 5.32 Å². The highest BCUT2D eigenvalue weighted by Crippen LogP contribution is 2.16. The number of rotatable bonds is 9. The highest BCUT2D eigenvalue weighted by Gasteiger charge is 2.17. The van der Waals surface area contributed by atoms with Crippen LogP contribution in [0, 0.1) is 13.8 Å². The van der Waals surface area contributed by atoms with Crippen molar-refractivity contribution in [2.45, 2.75) is 26.7 Å². The summed E-state index contributed by atoms with van der Waals surface area (Å²) in [6.45, 7) is 5.32. The summed E-state index contributed by atoms with van der Waals surface area (Å²) in [4.78, 5) is 14.2. The number of carbonyl (C=O) groups excluding carboxylic acids is 1. The second-order valence-corrected chi connectivity index (χ2v) is 8.42. The molecule has 0 bridgehead atoms. The molecule has 1 aromatic rings. The van der Waals surface area contributed by atoms with Gasteiger partial charge < -0.3 is 10.2 Å². The van der Waals surface area contributed by atoms with Crippen molar-refractivity contribution in [3.63, 3.8) is 0 Å². The molecule has 0 fully saturated rings. The molecule has 0 unspecified atom stereocenters. The van der Waals surface area contributed by atoms with E-state index < -0.39 is 10.0 Å². The lowest BCUT2D eigenvalue weighted by molar-refractivity contribution is -0.116. The Labute approximate surface area is 145 Å². The SMILES string of the molecule is Cc1ccc(C)c(NC(=O)CCN(CCCN(C)C)S(C)(=O)=O)c1. The predicted octanol–water partition coefficient (Wildman–Crippen LogP) is 1.85. The van der Waals surface area contributed by atoms with E-state index in [1.807, 2.05) is 51.0 Å². The summed E-state index contributed by atoms with van der Waals surface area (Å²) in [5, 5.41) is 2.86. The number of amides is 1. The maximum Gasteiger partial charge on any atom is 0.225 e. The number of benzene rings is 1. The van der Waals surface area contributed by atoms with Gasteiger partial charge in [0.15, 0.2) is 0 Å². The first-order valence-corrected chi connectivity index (χ1v) is 9.91. The number of nitrogens with zero attached hydrogens (tertiary/aromatic N) is 2. The fraction of sp³-hybridized carbons (Fsp3) is 0.588. The van der Waals surface area contributed by atoms with Crippen LogP contribution < -0.4 is 5.32 Å². The van der Waals surface area contributed by atoms with Gasteiger partial charge in [-0.2, -0.15) is 0 Å². The van der Waals surface area contributed by atoms with E-state index >= 15 is 0 Å². The fourth-order valence-corrected chi connectivity index (χ4v) is 3.20. The Balaban J connectivity index is 2.59. The second kappa shape index (κ2) is 9.15. The zero-order valence-corrected chi connectivity index (χ0v) is 16.1. The Morgan fingerprint density at radius 3 is 2.38 bits per heavy atom. The minimum Gasteiger partial charge on any atom is -0.326 e. The largest absolute Gasteiger partial charge is 0.326 e. The van der Waals surface area contributed by atoms with Crippen molar-refractivity contribution in [3.05, 3.63) is 29.3 Å². The van der Waals surface area contributed by atoms with Crippen LogP contribution in [0.15, 0.2) is 18.2 Å². The van der Waals surface area contributed by atoms with Crippen molar-refractivity contribution < 1.29 is 13.2 Å². The van der Waals surface area contributed by atoms with Crippen LogP contribution in [0.5, 0.6) is 0 Å². The Bertz CT molecular complexity index is 657. The number of hydrogen-bond acceptors (Lipinski definition) is 4. The molecule has 0 atom stereocenters. The molecule has 0 heterocycles. The summed E-state index contributed by atoms with van der Waals surface area (Å²) in [5.74, 6) is -0.176. The number of nitrogens with one attached hydrogen (secondary N) is 1. The van der Waals surface area contributed by atoms with Gasteiger partial charge in [-0.3, -0.25) is 4.79 Å². The van der Waals surface area contributed by atoms with Crippen molar-refractivity contribution >= 4 is 21.6 Å². The average Bonchev–Trinajstić information content (AvgIpc) is 2.44. The molecule has 0 aliphatic heterocycles. The minimum absolute atomic E-state index is 0.141. The van der Waals surface area contributed by atoms with E-state index in [9.17, 15) is 13.2 Å². The number of hydrogen-bond donors (Lipinski definition) is 1. The first-order valence-electron chi connectivity index (χ1n) is 8.06. The van der Waals surface area contributed by atoms with Crippen LogP contribution in [0.25, 0.3) is 0 Å². The molecule has 136 valence electrons. The summed E-state index contributed by atoms with van der Waals surface area (Å²) in [5.41, 5.74) is 2.83. The predicted molar refractivity (Wildman–Crippen MR) is 98.8 cm³/mol. The number of sulfonamides is 1. The van der Waals surface area contributed by atoms with E-state index in [1.54, 1.807) is 0 Å². The molecule has 1 N–H and O–H groups in total. The maximum atomic E-state index is 12.1. The van der Waals surface area contributed by atoms with Crippen LogP contribution in [0.3, 0.4) is 0 Å². The van der Waals surface area contributed by atoms with Crippen LogP contribution in [0.1, 0.15) is 24.0 Å². The summed E-state index contributed by atoms with van der Waals surface area (Å²) >= 11 is 0. The van der Waals surface area contributed by atoms with Gasteiger partial charge in [0.1, 0.15) is 0 Å². The summed E-state index contributed by atoms with van der Waals surface area (Å²) in [6, 6.07) is 5.86. The van der Waals surface area contributed by atoms with Crippen molar-refractivity contribution in [1.82, 2.24) is 9.21 Å². The van der Waals surface area contributed by atoms with Crippen LogP contribution in [-0.2, 0) is 14.8 Å². The lowest BCUT2D eigenvalue weighted by Crippen LogP contribution is -2.35.